The molecule has 3 N–H and O–H groups in total. The molecule has 0 aliphatic heterocycles. The zero-order chi connectivity index (χ0) is 14.5. The number of carbonyl (C=O) groups excluding carboxylic acids is 1. The van der Waals surface area contributed by atoms with Crippen LogP contribution in [0.15, 0.2) is 24.3 Å². The average molecular weight is 319 g/mol. The summed E-state index contributed by atoms with van der Waals surface area (Å²) in [6.45, 7) is 5.97. The molecule has 0 spiro atoms. The Bertz CT molecular complexity index is 436. The summed E-state index contributed by atoms with van der Waals surface area (Å²) < 4.78 is 0. The highest BCUT2D eigenvalue weighted by Crippen LogP contribution is 2.20. The summed E-state index contributed by atoms with van der Waals surface area (Å²) in [6.07, 6.45) is 2.28. The van der Waals surface area contributed by atoms with E-state index in [1.54, 1.807) is 0 Å². The molecule has 0 saturated heterocycles. The molecule has 114 valence electrons. The van der Waals surface area contributed by atoms with E-state index in [1.807, 2.05) is 45.0 Å². The predicted octanol–water partition coefficient (Wildman–Crippen LogP) is 3.33. The van der Waals surface area contributed by atoms with Crippen LogP contribution in [-0.2, 0) is 11.2 Å². The van der Waals surface area contributed by atoms with E-state index in [0.29, 0.717) is 12.8 Å². The van der Waals surface area contributed by atoms with Crippen LogP contribution in [0.25, 0.3) is 0 Å². The zero-order valence-electron chi connectivity index (χ0n) is 12.3. The van der Waals surface area contributed by atoms with E-state index in [9.17, 15) is 4.79 Å². The minimum atomic E-state index is -0.435. The Kier molecular flexibility index (Phi) is 8.17. The monoisotopic (exact) mass is 318 g/mol. The van der Waals surface area contributed by atoms with Gasteiger partial charge in [-0.05, 0) is 38.3 Å². The fourth-order valence-corrected chi connectivity index (χ4v) is 2.23. The summed E-state index contributed by atoms with van der Waals surface area (Å²) in [4.78, 5) is 12.0. The standard InChI is InChI=1S/C15H23ClN2O.ClH/c1-4-7-13(17)14(19)18-15(2,3)10-11-8-5-6-9-12(11)16;/h5-6,8-9,13H,4,7,10,17H2,1-3H3,(H,18,19);1H. The smallest absolute Gasteiger partial charge is 0.237 e. The van der Waals surface area contributed by atoms with Gasteiger partial charge in [-0.2, -0.15) is 0 Å². The Hall–Kier alpha value is -0.770. The Morgan fingerprint density at radius 3 is 2.55 bits per heavy atom. The first-order chi connectivity index (χ1) is 8.85. The van der Waals surface area contributed by atoms with Crippen molar-refractivity contribution in [2.24, 2.45) is 5.73 Å². The fraction of sp³-hybridized carbons (Fsp3) is 0.533. The first kappa shape index (κ1) is 19.2. The van der Waals surface area contributed by atoms with Crippen LogP contribution < -0.4 is 11.1 Å². The molecule has 0 fully saturated rings. The molecule has 3 nitrogen and oxygen atoms in total. The van der Waals surface area contributed by atoms with Gasteiger partial charge in [-0.1, -0.05) is 43.1 Å². The predicted molar refractivity (Wildman–Crippen MR) is 87.5 cm³/mol. The van der Waals surface area contributed by atoms with Crippen LogP contribution in [-0.4, -0.2) is 17.5 Å². The Morgan fingerprint density at radius 2 is 2.00 bits per heavy atom. The van der Waals surface area contributed by atoms with Crippen molar-refractivity contribution in [3.8, 4) is 0 Å². The maximum atomic E-state index is 12.0. The van der Waals surface area contributed by atoms with E-state index in [1.165, 1.54) is 0 Å². The highest BCUT2D eigenvalue weighted by atomic mass is 35.5. The Balaban J connectivity index is 0.00000361. The van der Waals surface area contributed by atoms with Gasteiger partial charge in [0.2, 0.25) is 5.91 Å². The van der Waals surface area contributed by atoms with E-state index in [-0.39, 0.29) is 23.9 Å². The van der Waals surface area contributed by atoms with Crippen LogP contribution >= 0.6 is 24.0 Å². The third-order valence-electron chi connectivity index (χ3n) is 2.99. The highest BCUT2D eigenvalue weighted by molar-refractivity contribution is 6.31. The summed E-state index contributed by atoms with van der Waals surface area (Å²) >= 11 is 6.14. The van der Waals surface area contributed by atoms with E-state index >= 15 is 0 Å². The van der Waals surface area contributed by atoms with Gasteiger partial charge in [0, 0.05) is 10.6 Å². The molecule has 0 heterocycles. The molecule has 0 aliphatic rings. The second-order valence-electron chi connectivity index (χ2n) is 5.54. The van der Waals surface area contributed by atoms with Gasteiger partial charge in [0.25, 0.3) is 0 Å². The van der Waals surface area contributed by atoms with Crippen LogP contribution in [0.4, 0.5) is 0 Å². The molecule has 1 aromatic rings. The van der Waals surface area contributed by atoms with Crippen LogP contribution in [0.3, 0.4) is 0 Å². The third kappa shape index (κ3) is 6.12. The summed E-state index contributed by atoms with van der Waals surface area (Å²) in [5, 5.41) is 3.72. The van der Waals surface area contributed by atoms with E-state index in [0.717, 1.165) is 17.0 Å². The van der Waals surface area contributed by atoms with Gasteiger partial charge in [-0.15, -0.1) is 12.4 Å². The molecular formula is C15H24Cl2N2O. The van der Waals surface area contributed by atoms with Gasteiger partial charge >= 0.3 is 0 Å². The fourth-order valence-electron chi connectivity index (χ4n) is 2.03. The molecule has 0 saturated carbocycles. The van der Waals surface area contributed by atoms with E-state index in [2.05, 4.69) is 5.32 Å². The molecule has 1 rings (SSSR count). The quantitative estimate of drug-likeness (QED) is 0.845. The van der Waals surface area contributed by atoms with E-state index < -0.39 is 6.04 Å². The van der Waals surface area contributed by atoms with Crippen molar-refractivity contribution >= 4 is 29.9 Å². The summed E-state index contributed by atoms with van der Waals surface area (Å²) in [7, 11) is 0. The highest BCUT2D eigenvalue weighted by Gasteiger charge is 2.24. The van der Waals surface area contributed by atoms with Gasteiger partial charge < -0.3 is 11.1 Å². The number of hydrogen-bond donors (Lipinski definition) is 2. The minimum absolute atomic E-state index is 0. The maximum Gasteiger partial charge on any atom is 0.237 e. The number of nitrogens with one attached hydrogen (secondary N) is 1. The van der Waals surface area contributed by atoms with Crippen molar-refractivity contribution in [2.75, 3.05) is 0 Å². The second kappa shape index (κ2) is 8.50. The van der Waals surface area contributed by atoms with E-state index in [4.69, 9.17) is 17.3 Å². The first-order valence-corrected chi connectivity index (χ1v) is 7.04. The van der Waals surface area contributed by atoms with Crippen molar-refractivity contribution in [2.45, 2.75) is 51.6 Å². The number of hydrogen-bond acceptors (Lipinski definition) is 2. The molecule has 0 radical (unpaired) electrons. The normalized spacial score (nSPS) is 12.4. The second-order valence-corrected chi connectivity index (χ2v) is 5.94. The van der Waals surface area contributed by atoms with Crippen LogP contribution in [0.1, 0.15) is 39.2 Å². The molecule has 20 heavy (non-hydrogen) atoms. The van der Waals surface area contributed by atoms with Gasteiger partial charge in [0.1, 0.15) is 0 Å². The van der Waals surface area contributed by atoms with Crippen molar-refractivity contribution in [1.29, 1.82) is 0 Å². The summed E-state index contributed by atoms with van der Waals surface area (Å²) in [5.74, 6) is -0.0982. The molecular weight excluding hydrogens is 295 g/mol. The first-order valence-electron chi connectivity index (χ1n) is 6.66. The largest absolute Gasteiger partial charge is 0.350 e. The molecule has 1 amide bonds. The van der Waals surface area contributed by atoms with Crippen LogP contribution in [0.5, 0.6) is 0 Å². The topological polar surface area (TPSA) is 55.1 Å². The number of benzene rings is 1. The lowest BCUT2D eigenvalue weighted by Crippen LogP contribution is -2.51. The van der Waals surface area contributed by atoms with Gasteiger partial charge in [0.15, 0.2) is 0 Å². The lowest BCUT2D eigenvalue weighted by molar-refractivity contribution is -0.124. The lowest BCUT2D eigenvalue weighted by atomic mass is 9.94. The SMILES string of the molecule is CCCC(N)C(=O)NC(C)(C)Cc1ccccc1Cl.Cl. The number of nitrogens with two attached hydrogens (primary N) is 1. The molecule has 0 aromatic heterocycles. The van der Waals surface area contributed by atoms with Crippen molar-refractivity contribution in [3.05, 3.63) is 34.9 Å². The lowest BCUT2D eigenvalue weighted by Gasteiger charge is -2.28. The zero-order valence-corrected chi connectivity index (χ0v) is 13.9. The van der Waals surface area contributed by atoms with Gasteiger partial charge in [-0.3, -0.25) is 4.79 Å². The number of rotatable bonds is 6. The molecule has 0 aliphatic carbocycles. The van der Waals surface area contributed by atoms with Crippen LogP contribution in [0.2, 0.25) is 5.02 Å². The van der Waals surface area contributed by atoms with Crippen molar-refractivity contribution in [3.63, 3.8) is 0 Å². The summed E-state index contributed by atoms with van der Waals surface area (Å²) in [6, 6.07) is 7.24. The summed E-state index contributed by atoms with van der Waals surface area (Å²) in [5.41, 5.74) is 6.48. The van der Waals surface area contributed by atoms with Gasteiger partial charge in [0.05, 0.1) is 6.04 Å². The van der Waals surface area contributed by atoms with Crippen LogP contribution in [0, 0.1) is 0 Å². The maximum absolute atomic E-state index is 12.0. The molecule has 1 atom stereocenters. The molecule has 5 heteroatoms. The number of carbonyl (C=O) groups is 1. The third-order valence-corrected chi connectivity index (χ3v) is 3.36. The Morgan fingerprint density at radius 1 is 1.40 bits per heavy atom. The molecule has 1 unspecified atom stereocenters. The van der Waals surface area contributed by atoms with Crippen molar-refractivity contribution < 1.29 is 4.79 Å². The average Bonchev–Trinajstić information content (AvgIpc) is 2.31. The molecule has 0 bridgehead atoms. The molecule has 1 aromatic carbocycles. The minimum Gasteiger partial charge on any atom is -0.350 e. The van der Waals surface area contributed by atoms with Crippen molar-refractivity contribution in [1.82, 2.24) is 5.32 Å². The number of amides is 1. The van der Waals surface area contributed by atoms with Gasteiger partial charge in [-0.25, -0.2) is 0 Å². The number of halogens is 2. The Labute approximate surface area is 132 Å².